The number of aryl methyl sites for hydroxylation is 1. The number of aliphatic hydroxyl groups is 1. The Labute approximate surface area is 105 Å². The smallest absolute Gasteiger partial charge is 0.137 e. The molecule has 1 unspecified atom stereocenters. The molecule has 0 saturated carbocycles. The summed E-state index contributed by atoms with van der Waals surface area (Å²) in [6.45, 7) is 1.96. The number of furan rings is 1. The number of pyridine rings is 1. The molecule has 3 rings (SSSR count). The summed E-state index contributed by atoms with van der Waals surface area (Å²) >= 11 is 0. The van der Waals surface area contributed by atoms with E-state index in [1.54, 1.807) is 18.4 Å². The van der Waals surface area contributed by atoms with Crippen LogP contribution in [0.3, 0.4) is 0 Å². The van der Waals surface area contributed by atoms with Crippen LogP contribution in [0, 0.1) is 6.92 Å². The van der Waals surface area contributed by atoms with Gasteiger partial charge in [0, 0.05) is 11.1 Å². The number of aliphatic hydroxyl groups excluding tert-OH is 1. The van der Waals surface area contributed by atoms with Crippen molar-refractivity contribution in [2.75, 3.05) is 0 Å². The molecule has 0 fully saturated rings. The first-order chi connectivity index (χ1) is 8.74. The fourth-order valence-corrected chi connectivity index (χ4v) is 2.03. The summed E-state index contributed by atoms with van der Waals surface area (Å²) in [5.74, 6) is 0.550. The Hall–Kier alpha value is -2.13. The first-order valence-electron chi connectivity index (χ1n) is 5.83. The number of benzene rings is 1. The van der Waals surface area contributed by atoms with Crippen molar-refractivity contribution in [1.82, 2.24) is 4.98 Å². The molecule has 0 bridgehead atoms. The zero-order chi connectivity index (χ0) is 12.5. The fraction of sp³-hybridized carbons (Fsp3) is 0.133. The van der Waals surface area contributed by atoms with Gasteiger partial charge in [0.25, 0.3) is 0 Å². The second-order valence-corrected chi connectivity index (χ2v) is 4.32. The molecule has 0 amide bonds. The molecule has 1 atom stereocenters. The van der Waals surface area contributed by atoms with Gasteiger partial charge in [0.1, 0.15) is 11.9 Å². The highest BCUT2D eigenvalue weighted by atomic mass is 16.4. The lowest BCUT2D eigenvalue weighted by Gasteiger charge is -2.09. The van der Waals surface area contributed by atoms with Crippen molar-refractivity contribution in [2.45, 2.75) is 13.0 Å². The van der Waals surface area contributed by atoms with Gasteiger partial charge in [-0.2, -0.15) is 0 Å². The topological polar surface area (TPSA) is 46.3 Å². The number of rotatable bonds is 2. The minimum atomic E-state index is -0.731. The Bertz CT molecular complexity index is 674. The van der Waals surface area contributed by atoms with Gasteiger partial charge < -0.3 is 9.52 Å². The Morgan fingerprint density at radius 2 is 2.06 bits per heavy atom. The largest absolute Gasteiger partial charge is 0.466 e. The van der Waals surface area contributed by atoms with Crippen molar-refractivity contribution in [1.29, 1.82) is 0 Å². The minimum absolute atomic E-state index is 0.550. The highest BCUT2D eigenvalue weighted by Crippen LogP contribution is 2.25. The van der Waals surface area contributed by atoms with Crippen molar-refractivity contribution in [3.05, 3.63) is 65.7 Å². The molecule has 18 heavy (non-hydrogen) atoms. The molecule has 0 aliphatic heterocycles. The normalized spacial score (nSPS) is 12.8. The Morgan fingerprint density at radius 3 is 2.83 bits per heavy atom. The first-order valence-corrected chi connectivity index (χ1v) is 5.83. The van der Waals surface area contributed by atoms with Crippen LogP contribution in [-0.4, -0.2) is 10.1 Å². The molecule has 0 spiro atoms. The van der Waals surface area contributed by atoms with Crippen molar-refractivity contribution in [3.8, 4) is 0 Å². The molecule has 90 valence electrons. The van der Waals surface area contributed by atoms with E-state index < -0.39 is 6.10 Å². The zero-order valence-corrected chi connectivity index (χ0v) is 10.00. The summed E-state index contributed by atoms with van der Waals surface area (Å²) < 4.78 is 5.22. The molecular weight excluding hydrogens is 226 g/mol. The molecule has 0 radical (unpaired) electrons. The average Bonchev–Trinajstić information content (AvgIpc) is 2.91. The monoisotopic (exact) mass is 239 g/mol. The predicted octanol–water partition coefficient (Wildman–Crippen LogP) is 3.22. The lowest BCUT2D eigenvalue weighted by Crippen LogP contribution is -1.98. The molecule has 2 aromatic heterocycles. The summed E-state index contributed by atoms with van der Waals surface area (Å²) in [6, 6.07) is 13.2. The number of fused-ring (bicyclic) bond motifs is 1. The van der Waals surface area contributed by atoms with E-state index in [-0.39, 0.29) is 0 Å². The molecule has 1 N–H and O–H groups in total. The van der Waals surface area contributed by atoms with Gasteiger partial charge in [0.15, 0.2) is 0 Å². The van der Waals surface area contributed by atoms with Gasteiger partial charge in [0.05, 0.1) is 11.8 Å². The van der Waals surface area contributed by atoms with Crippen molar-refractivity contribution in [2.24, 2.45) is 0 Å². The van der Waals surface area contributed by atoms with Crippen LogP contribution in [0.1, 0.15) is 23.1 Å². The summed E-state index contributed by atoms with van der Waals surface area (Å²) in [4.78, 5) is 4.43. The number of hydrogen-bond acceptors (Lipinski definition) is 3. The lowest BCUT2D eigenvalue weighted by atomic mass is 10.0. The molecule has 3 nitrogen and oxygen atoms in total. The number of nitrogens with zero attached hydrogens (tertiary/aromatic N) is 1. The zero-order valence-electron chi connectivity index (χ0n) is 10.00. The van der Waals surface area contributed by atoms with Crippen LogP contribution in [0.5, 0.6) is 0 Å². The van der Waals surface area contributed by atoms with Crippen LogP contribution in [0.15, 0.2) is 53.1 Å². The molecule has 1 aromatic carbocycles. The molecule has 2 heterocycles. The van der Waals surface area contributed by atoms with E-state index in [9.17, 15) is 5.11 Å². The quantitative estimate of drug-likeness (QED) is 0.746. The van der Waals surface area contributed by atoms with Gasteiger partial charge in [-0.15, -0.1) is 0 Å². The molecule has 0 saturated heterocycles. The third-order valence-corrected chi connectivity index (χ3v) is 2.98. The van der Waals surface area contributed by atoms with Gasteiger partial charge in [0.2, 0.25) is 0 Å². The third kappa shape index (κ3) is 1.89. The molecular formula is C15H13NO2. The van der Waals surface area contributed by atoms with E-state index in [2.05, 4.69) is 4.98 Å². The minimum Gasteiger partial charge on any atom is -0.466 e. The highest BCUT2D eigenvalue weighted by molar-refractivity contribution is 5.79. The van der Waals surface area contributed by atoms with E-state index in [1.807, 2.05) is 37.3 Å². The first kappa shape index (κ1) is 11.0. The Balaban J connectivity index is 2.06. The second-order valence-electron chi connectivity index (χ2n) is 4.32. The summed E-state index contributed by atoms with van der Waals surface area (Å²) in [6.07, 6.45) is 0.829. The van der Waals surface area contributed by atoms with Crippen LogP contribution < -0.4 is 0 Å². The maximum Gasteiger partial charge on any atom is 0.137 e. The van der Waals surface area contributed by atoms with E-state index in [4.69, 9.17) is 4.42 Å². The maximum absolute atomic E-state index is 10.2. The van der Waals surface area contributed by atoms with E-state index in [0.717, 1.165) is 22.2 Å². The summed E-state index contributed by atoms with van der Waals surface area (Å²) in [5, 5.41) is 11.2. The predicted molar refractivity (Wildman–Crippen MR) is 69.2 cm³/mol. The fourth-order valence-electron chi connectivity index (χ4n) is 2.03. The van der Waals surface area contributed by atoms with Gasteiger partial charge in [-0.1, -0.05) is 12.1 Å². The van der Waals surface area contributed by atoms with Crippen molar-refractivity contribution < 1.29 is 9.52 Å². The number of hydrogen-bond donors (Lipinski definition) is 1. The van der Waals surface area contributed by atoms with Crippen LogP contribution in [0.4, 0.5) is 0 Å². The van der Waals surface area contributed by atoms with E-state index in [0.29, 0.717) is 5.76 Å². The van der Waals surface area contributed by atoms with Gasteiger partial charge in [-0.25, -0.2) is 0 Å². The van der Waals surface area contributed by atoms with E-state index >= 15 is 0 Å². The van der Waals surface area contributed by atoms with Gasteiger partial charge in [-0.3, -0.25) is 4.98 Å². The lowest BCUT2D eigenvalue weighted by molar-refractivity contribution is 0.189. The van der Waals surface area contributed by atoms with Crippen molar-refractivity contribution in [3.63, 3.8) is 0 Å². The molecule has 3 aromatic rings. The van der Waals surface area contributed by atoms with Crippen LogP contribution >= 0.6 is 0 Å². The molecule has 0 aliphatic carbocycles. The Morgan fingerprint density at radius 1 is 1.17 bits per heavy atom. The summed E-state index contributed by atoms with van der Waals surface area (Å²) in [7, 11) is 0. The standard InChI is InChI=1S/C15H13NO2/c1-10-4-5-11-9-12(6-7-13(11)16-10)15(17)14-3-2-8-18-14/h2-9,15,17H,1H3. The maximum atomic E-state index is 10.2. The molecule has 3 heteroatoms. The Kier molecular flexibility index (Phi) is 2.61. The third-order valence-electron chi connectivity index (χ3n) is 2.98. The SMILES string of the molecule is Cc1ccc2cc(C(O)c3ccco3)ccc2n1. The molecule has 0 aliphatic rings. The van der Waals surface area contributed by atoms with Crippen molar-refractivity contribution >= 4 is 10.9 Å². The van der Waals surface area contributed by atoms with Gasteiger partial charge >= 0.3 is 0 Å². The van der Waals surface area contributed by atoms with Crippen LogP contribution in [0.2, 0.25) is 0 Å². The average molecular weight is 239 g/mol. The van der Waals surface area contributed by atoms with Crippen LogP contribution in [0.25, 0.3) is 10.9 Å². The highest BCUT2D eigenvalue weighted by Gasteiger charge is 2.13. The summed E-state index contributed by atoms with van der Waals surface area (Å²) in [5.41, 5.74) is 2.73. The number of aromatic nitrogens is 1. The second kappa shape index (κ2) is 4.27. The van der Waals surface area contributed by atoms with Crippen LogP contribution in [-0.2, 0) is 0 Å². The van der Waals surface area contributed by atoms with E-state index in [1.165, 1.54) is 0 Å². The van der Waals surface area contributed by atoms with Gasteiger partial charge in [-0.05, 0) is 42.8 Å².